The largest absolute Gasteiger partial charge is 0.496 e. The van der Waals surface area contributed by atoms with Crippen molar-refractivity contribution < 1.29 is 19.0 Å². The summed E-state index contributed by atoms with van der Waals surface area (Å²) < 4.78 is 15.7. The van der Waals surface area contributed by atoms with E-state index in [0.29, 0.717) is 23.7 Å². The van der Waals surface area contributed by atoms with Crippen LogP contribution in [-0.2, 0) is 6.54 Å². The second-order valence-corrected chi connectivity index (χ2v) is 4.69. The summed E-state index contributed by atoms with van der Waals surface area (Å²) in [5.74, 6) is 2.05. The molecule has 2 N–H and O–H groups in total. The standard InChI is InChI=1S/C16H16N2O4/c1-20-13-5-3-2-4-11(13)9-17-16(19)18-12-6-7-14-15(8-12)22-10-21-14/h2-8H,9-10H2,1H3,(H2,17,18,19). The van der Waals surface area contributed by atoms with Gasteiger partial charge in [-0.3, -0.25) is 0 Å². The van der Waals surface area contributed by atoms with Gasteiger partial charge in [0.15, 0.2) is 11.5 Å². The lowest BCUT2D eigenvalue weighted by Crippen LogP contribution is -2.28. The maximum Gasteiger partial charge on any atom is 0.319 e. The van der Waals surface area contributed by atoms with Gasteiger partial charge in [-0.05, 0) is 18.2 Å². The molecule has 3 rings (SSSR count). The van der Waals surface area contributed by atoms with Crippen molar-refractivity contribution >= 4 is 11.7 Å². The van der Waals surface area contributed by atoms with E-state index >= 15 is 0 Å². The van der Waals surface area contributed by atoms with Gasteiger partial charge in [0.1, 0.15) is 5.75 Å². The van der Waals surface area contributed by atoms with Crippen molar-refractivity contribution in [3.8, 4) is 17.2 Å². The van der Waals surface area contributed by atoms with Gasteiger partial charge in [0.25, 0.3) is 0 Å². The molecule has 1 aliphatic heterocycles. The van der Waals surface area contributed by atoms with Gasteiger partial charge in [0.2, 0.25) is 6.79 Å². The Morgan fingerprint density at radius 1 is 1.18 bits per heavy atom. The number of benzene rings is 2. The number of hydrogen-bond donors (Lipinski definition) is 2. The monoisotopic (exact) mass is 300 g/mol. The molecule has 6 heteroatoms. The molecule has 2 amide bonds. The van der Waals surface area contributed by atoms with Crippen molar-refractivity contribution in [2.24, 2.45) is 0 Å². The Morgan fingerprint density at radius 2 is 2.00 bits per heavy atom. The molecule has 0 aliphatic carbocycles. The fourth-order valence-electron chi connectivity index (χ4n) is 2.17. The summed E-state index contributed by atoms with van der Waals surface area (Å²) in [6.07, 6.45) is 0. The second kappa shape index (κ2) is 6.26. The summed E-state index contributed by atoms with van der Waals surface area (Å²) in [7, 11) is 1.60. The topological polar surface area (TPSA) is 68.8 Å². The second-order valence-electron chi connectivity index (χ2n) is 4.69. The van der Waals surface area contributed by atoms with Crippen molar-refractivity contribution in [1.82, 2.24) is 5.32 Å². The van der Waals surface area contributed by atoms with Crippen LogP contribution in [0.1, 0.15) is 5.56 Å². The molecule has 114 valence electrons. The van der Waals surface area contributed by atoms with Crippen LogP contribution in [0.2, 0.25) is 0 Å². The van der Waals surface area contributed by atoms with E-state index in [1.807, 2.05) is 24.3 Å². The fourth-order valence-corrected chi connectivity index (χ4v) is 2.17. The minimum absolute atomic E-state index is 0.207. The molecule has 2 aromatic carbocycles. The van der Waals surface area contributed by atoms with Crippen molar-refractivity contribution in [3.63, 3.8) is 0 Å². The Kier molecular flexibility index (Phi) is 4.00. The van der Waals surface area contributed by atoms with Gasteiger partial charge >= 0.3 is 6.03 Å². The Hall–Kier alpha value is -2.89. The van der Waals surface area contributed by atoms with E-state index in [9.17, 15) is 4.79 Å². The van der Waals surface area contributed by atoms with Crippen molar-refractivity contribution in [1.29, 1.82) is 0 Å². The quantitative estimate of drug-likeness (QED) is 0.911. The van der Waals surface area contributed by atoms with E-state index in [0.717, 1.165) is 11.3 Å². The first-order valence-corrected chi connectivity index (χ1v) is 6.82. The number of amides is 2. The third-order valence-corrected chi connectivity index (χ3v) is 3.26. The van der Waals surface area contributed by atoms with Crippen LogP contribution in [0.25, 0.3) is 0 Å². The van der Waals surface area contributed by atoms with Crippen LogP contribution in [-0.4, -0.2) is 19.9 Å². The fraction of sp³-hybridized carbons (Fsp3) is 0.188. The molecule has 0 atom stereocenters. The van der Waals surface area contributed by atoms with Crippen LogP contribution >= 0.6 is 0 Å². The molecule has 0 bridgehead atoms. The van der Waals surface area contributed by atoms with Crippen molar-refractivity contribution in [2.75, 3.05) is 19.2 Å². The number of fused-ring (bicyclic) bond motifs is 1. The molecular formula is C16H16N2O4. The molecule has 0 fully saturated rings. The smallest absolute Gasteiger partial charge is 0.319 e. The zero-order valence-corrected chi connectivity index (χ0v) is 12.1. The molecule has 1 heterocycles. The Labute approximate surface area is 128 Å². The first-order valence-electron chi connectivity index (χ1n) is 6.82. The number of anilines is 1. The van der Waals surface area contributed by atoms with Gasteiger partial charge in [0.05, 0.1) is 7.11 Å². The van der Waals surface area contributed by atoms with Crippen molar-refractivity contribution in [2.45, 2.75) is 6.54 Å². The van der Waals surface area contributed by atoms with E-state index in [2.05, 4.69) is 10.6 Å². The number of methoxy groups -OCH3 is 1. The normalized spacial score (nSPS) is 11.9. The predicted octanol–water partition coefficient (Wildman–Crippen LogP) is 2.75. The first kappa shape index (κ1) is 14.1. The molecule has 0 spiro atoms. The number of para-hydroxylation sites is 1. The Bertz CT molecular complexity index is 688. The van der Waals surface area contributed by atoms with E-state index in [1.165, 1.54) is 0 Å². The molecule has 2 aromatic rings. The molecular weight excluding hydrogens is 284 g/mol. The summed E-state index contributed by atoms with van der Waals surface area (Å²) in [5.41, 5.74) is 1.55. The predicted molar refractivity (Wildman–Crippen MR) is 81.4 cm³/mol. The number of ether oxygens (including phenoxy) is 3. The molecule has 0 aromatic heterocycles. The van der Waals surface area contributed by atoms with Crippen LogP contribution in [0.4, 0.5) is 10.5 Å². The zero-order chi connectivity index (χ0) is 15.4. The Morgan fingerprint density at radius 3 is 2.86 bits per heavy atom. The lowest BCUT2D eigenvalue weighted by molar-refractivity contribution is 0.174. The summed E-state index contributed by atoms with van der Waals surface area (Å²) in [5, 5.41) is 5.54. The minimum atomic E-state index is -0.301. The van der Waals surface area contributed by atoms with Gasteiger partial charge in [0, 0.05) is 23.9 Å². The van der Waals surface area contributed by atoms with E-state index < -0.39 is 0 Å². The average molecular weight is 300 g/mol. The summed E-state index contributed by atoms with van der Waals surface area (Å²) >= 11 is 0. The molecule has 1 aliphatic rings. The molecule has 22 heavy (non-hydrogen) atoms. The average Bonchev–Trinajstić information content (AvgIpc) is 3.01. The molecule has 0 radical (unpaired) electrons. The van der Waals surface area contributed by atoms with E-state index in [4.69, 9.17) is 14.2 Å². The highest BCUT2D eigenvalue weighted by Crippen LogP contribution is 2.34. The third-order valence-electron chi connectivity index (χ3n) is 3.26. The zero-order valence-electron chi connectivity index (χ0n) is 12.1. The number of hydrogen-bond acceptors (Lipinski definition) is 4. The van der Waals surface area contributed by atoms with Crippen LogP contribution in [0, 0.1) is 0 Å². The van der Waals surface area contributed by atoms with Crippen LogP contribution < -0.4 is 24.8 Å². The van der Waals surface area contributed by atoms with Crippen LogP contribution in [0.3, 0.4) is 0 Å². The first-order chi connectivity index (χ1) is 10.8. The number of carbonyl (C=O) groups excluding carboxylic acids is 1. The molecule has 0 unspecified atom stereocenters. The van der Waals surface area contributed by atoms with Gasteiger partial charge in [-0.15, -0.1) is 0 Å². The van der Waals surface area contributed by atoms with Gasteiger partial charge in [-0.1, -0.05) is 18.2 Å². The van der Waals surface area contributed by atoms with Crippen molar-refractivity contribution in [3.05, 3.63) is 48.0 Å². The number of carbonyl (C=O) groups is 1. The number of nitrogens with one attached hydrogen (secondary N) is 2. The summed E-state index contributed by atoms with van der Waals surface area (Å²) in [4.78, 5) is 12.0. The molecule has 0 saturated carbocycles. The van der Waals surface area contributed by atoms with Gasteiger partial charge in [-0.2, -0.15) is 0 Å². The maximum absolute atomic E-state index is 12.0. The highest BCUT2D eigenvalue weighted by molar-refractivity contribution is 5.89. The highest BCUT2D eigenvalue weighted by Gasteiger charge is 2.14. The maximum atomic E-state index is 12.0. The lowest BCUT2D eigenvalue weighted by atomic mass is 10.2. The van der Waals surface area contributed by atoms with E-state index in [1.54, 1.807) is 25.3 Å². The minimum Gasteiger partial charge on any atom is -0.496 e. The van der Waals surface area contributed by atoms with Gasteiger partial charge < -0.3 is 24.8 Å². The van der Waals surface area contributed by atoms with E-state index in [-0.39, 0.29) is 12.8 Å². The number of rotatable bonds is 4. The molecule has 6 nitrogen and oxygen atoms in total. The SMILES string of the molecule is COc1ccccc1CNC(=O)Nc1ccc2c(c1)OCO2. The van der Waals surface area contributed by atoms with Crippen LogP contribution in [0.5, 0.6) is 17.2 Å². The summed E-state index contributed by atoms with van der Waals surface area (Å²) in [6.45, 7) is 0.583. The Balaban J connectivity index is 1.58. The number of urea groups is 1. The molecule has 0 saturated heterocycles. The summed E-state index contributed by atoms with van der Waals surface area (Å²) in [6, 6.07) is 12.5. The van der Waals surface area contributed by atoms with Crippen LogP contribution in [0.15, 0.2) is 42.5 Å². The highest BCUT2D eigenvalue weighted by atomic mass is 16.7. The van der Waals surface area contributed by atoms with Gasteiger partial charge in [-0.25, -0.2) is 4.79 Å². The third kappa shape index (κ3) is 3.06. The lowest BCUT2D eigenvalue weighted by Gasteiger charge is -2.10.